The van der Waals surface area contributed by atoms with E-state index < -0.39 is 27.5 Å². The van der Waals surface area contributed by atoms with Gasteiger partial charge in [-0.05, 0) is 52.0 Å². The minimum Gasteiger partial charge on any atom is -0.350 e. The summed E-state index contributed by atoms with van der Waals surface area (Å²) in [7, 11) is -3.81. The highest BCUT2D eigenvalue weighted by Gasteiger charge is 2.24. The van der Waals surface area contributed by atoms with E-state index in [-0.39, 0.29) is 4.90 Å². The second kappa shape index (κ2) is 6.24. The number of sulfonamides is 1. The fourth-order valence-corrected chi connectivity index (χ4v) is 2.74. The molecule has 21 heavy (non-hydrogen) atoms. The van der Waals surface area contributed by atoms with E-state index in [1.54, 1.807) is 0 Å². The van der Waals surface area contributed by atoms with Gasteiger partial charge >= 0.3 is 0 Å². The van der Waals surface area contributed by atoms with Crippen LogP contribution in [0.15, 0.2) is 29.2 Å². The quantitative estimate of drug-likeness (QED) is 0.871. The number of rotatable bonds is 4. The van der Waals surface area contributed by atoms with Crippen LogP contribution in [-0.2, 0) is 14.8 Å². The lowest BCUT2D eigenvalue weighted by Crippen LogP contribution is -2.50. The van der Waals surface area contributed by atoms with Gasteiger partial charge in [0.05, 0.1) is 22.6 Å². The van der Waals surface area contributed by atoms with Crippen molar-refractivity contribution in [3.8, 4) is 6.07 Å². The Bertz CT molecular complexity index is 652. The molecule has 0 heterocycles. The van der Waals surface area contributed by atoms with Gasteiger partial charge in [0.1, 0.15) is 0 Å². The lowest BCUT2D eigenvalue weighted by atomic mass is 10.1. The summed E-state index contributed by atoms with van der Waals surface area (Å²) in [5, 5.41) is 11.4. The van der Waals surface area contributed by atoms with Gasteiger partial charge in [0, 0.05) is 5.54 Å². The summed E-state index contributed by atoms with van der Waals surface area (Å²) in [6, 6.07) is 6.49. The molecule has 1 aromatic rings. The minimum absolute atomic E-state index is 0.0110. The third-order valence-electron chi connectivity index (χ3n) is 2.52. The van der Waals surface area contributed by atoms with Gasteiger partial charge in [-0.2, -0.15) is 9.98 Å². The average Bonchev–Trinajstić information content (AvgIpc) is 2.36. The largest absolute Gasteiger partial charge is 0.350 e. The summed E-state index contributed by atoms with van der Waals surface area (Å²) >= 11 is 0. The molecule has 0 aliphatic heterocycles. The van der Waals surface area contributed by atoms with Crippen LogP contribution in [0.25, 0.3) is 0 Å². The molecule has 0 aromatic heterocycles. The van der Waals surface area contributed by atoms with Crippen LogP contribution >= 0.6 is 0 Å². The van der Waals surface area contributed by atoms with Gasteiger partial charge in [0.25, 0.3) is 0 Å². The summed E-state index contributed by atoms with van der Waals surface area (Å²) in [6.45, 7) is 6.91. The van der Waals surface area contributed by atoms with Gasteiger partial charge in [-0.15, -0.1) is 0 Å². The Morgan fingerprint density at radius 3 is 2.19 bits per heavy atom. The van der Waals surface area contributed by atoms with Crippen molar-refractivity contribution in [1.29, 1.82) is 5.26 Å². The Kier molecular flexibility index (Phi) is 5.10. The van der Waals surface area contributed by atoms with Crippen LogP contribution in [0.4, 0.5) is 0 Å². The third-order valence-corrected chi connectivity index (χ3v) is 4.07. The van der Waals surface area contributed by atoms with Gasteiger partial charge in [-0.3, -0.25) is 4.79 Å². The summed E-state index contributed by atoms with van der Waals surface area (Å²) in [6.07, 6.45) is 0. The van der Waals surface area contributed by atoms with Gasteiger partial charge in [0.2, 0.25) is 15.9 Å². The number of hydrogen-bond acceptors (Lipinski definition) is 4. The van der Waals surface area contributed by atoms with Crippen LogP contribution < -0.4 is 10.0 Å². The van der Waals surface area contributed by atoms with Gasteiger partial charge in [0.15, 0.2) is 0 Å². The maximum absolute atomic E-state index is 12.1. The first kappa shape index (κ1) is 17.1. The number of carbonyl (C=O) groups is 1. The Labute approximate surface area is 125 Å². The molecule has 7 heteroatoms. The van der Waals surface area contributed by atoms with Crippen LogP contribution in [0.2, 0.25) is 0 Å². The van der Waals surface area contributed by atoms with Gasteiger partial charge < -0.3 is 5.32 Å². The molecule has 6 nitrogen and oxygen atoms in total. The van der Waals surface area contributed by atoms with Gasteiger partial charge in [-0.25, -0.2) is 8.42 Å². The number of hydrogen-bond donors (Lipinski definition) is 2. The zero-order valence-corrected chi connectivity index (χ0v) is 13.3. The highest BCUT2D eigenvalue weighted by atomic mass is 32.2. The van der Waals surface area contributed by atoms with E-state index in [1.165, 1.54) is 31.2 Å². The van der Waals surface area contributed by atoms with Crippen molar-refractivity contribution in [3.05, 3.63) is 29.8 Å². The van der Waals surface area contributed by atoms with Crippen molar-refractivity contribution in [3.63, 3.8) is 0 Å². The second-order valence-corrected chi connectivity index (χ2v) is 7.43. The predicted octanol–water partition coefficient (Wildman–Crippen LogP) is 1.14. The molecule has 1 rings (SSSR count). The van der Waals surface area contributed by atoms with E-state index in [4.69, 9.17) is 5.26 Å². The number of nitriles is 1. The number of nitrogens with zero attached hydrogens (tertiary/aromatic N) is 1. The summed E-state index contributed by atoms with van der Waals surface area (Å²) in [5.41, 5.74) is -0.0712. The summed E-state index contributed by atoms with van der Waals surface area (Å²) in [4.78, 5) is 11.9. The first-order valence-electron chi connectivity index (χ1n) is 6.40. The fourth-order valence-electron chi connectivity index (χ4n) is 1.54. The van der Waals surface area contributed by atoms with E-state index in [2.05, 4.69) is 10.0 Å². The SMILES string of the molecule is CC(NS(=O)(=O)c1ccc(C#N)cc1)C(=O)NC(C)(C)C. The van der Waals surface area contributed by atoms with Crippen molar-refractivity contribution in [1.82, 2.24) is 10.0 Å². The van der Waals surface area contributed by atoms with E-state index in [0.717, 1.165) is 0 Å². The molecule has 0 fully saturated rings. The molecule has 1 atom stereocenters. The Morgan fingerprint density at radius 1 is 1.24 bits per heavy atom. The highest BCUT2D eigenvalue weighted by Crippen LogP contribution is 2.11. The molecule has 1 amide bonds. The molecule has 114 valence electrons. The van der Waals surface area contributed by atoms with Crippen LogP contribution in [0.1, 0.15) is 33.3 Å². The summed E-state index contributed by atoms with van der Waals surface area (Å²) in [5.74, 6) is -0.403. The Morgan fingerprint density at radius 2 is 1.76 bits per heavy atom. The van der Waals surface area contributed by atoms with Crippen LogP contribution in [0, 0.1) is 11.3 Å². The fraction of sp³-hybridized carbons (Fsp3) is 0.429. The molecule has 0 bridgehead atoms. The van der Waals surface area contributed by atoms with Crippen molar-refractivity contribution in [2.75, 3.05) is 0 Å². The van der Waals surface area contributed by atoms with E-state index >= 15 is 0 Å². The number of carbonyl (C=O) groups excluding carboxylic acids is 1. The Balaban J connectivity index is 2.84. The standard InChI is InChI=1S/C14H19N3O3S/c1-10(13(18)16-14(2,3)4)17-21(19,20)12-7-5-11(9-15)6-8-12/h5-8,10,17H,1-4H3,(H,16,18). The Hall–Kier alpha value is -1.91. The molecule has 0 radical (unpaired) electrons. The number of amides is 1. The van der Waals surface area contributed by atoms with Crippen LogP contribution in [-0.4, -0.2) is 25.9 Å². The van der Waals surface area contributed by atoms with Crippen molar-refractivity contribution in [2.24, 2.45) is 0 Å². The van der Waals surface area contributed by atoms with E-state index in [1.807, 2.05) is 26.8 Å². The van der Waals surface area contributed by atoms with Crippen molar-refractivity contribution >= 4 is 15.9 Å². The van der Waals surface area contributed by atoms with Crippen molar-refractivity contribution in [2.45, 2.75) is 44.2 Å². The first-order chi connectivity index (χ1) is 9.55. The average molecular weight is 309 g/mol. The smallest absolute Gasteiger partial charge is 0.241 e. The molecule has 1 aromatic carbocycles. The normalized spacial score (nSPS) is 13.3. The number of benzene rings is 1. The van der Waals surface area contributed by atoms with Crippen LogP contribution in [0.3, 0.4) is 0 Å². The number of nitrogens with one attached hydrogen (secondary N) is 2. The molecule has 2 N–H and O–H groups in total. The predicted molar refractivity (Wildman–Crippen MR) is 78.8 cm³/mol. The molecule has 0 spiro atoms. The van der Waals surface area contributed by atoms with E-state index in [0.29, 0.717) is 5.56 Å². The molecule has 0 saturated carbocycles. The molecular weight excluding hydrogens is 290 g/mol. The first-order valence-corrected chi connectivity index (χ1v) is 7.88. The topological polar surface area (TPSA) is 99.1 Å². The minimum atomic E-state index is -3.81. The monoisotopic (exact) mass is 309 g/mol. The molecule has 1 unspecified atom stereocenters. The lowest BCUT2D eigenvalue weighted by Gasteiger charge is -2.23. The zero-order chi connectivity index (χ0) is 16.3. The maximum Gasteiger partial charge on any atom is 0.241 e. The molecule has 0 aliphatic carbocycles. The summed E-state index contributed by atoms with van der Waals surface area (Å²) < 4.78 is 26.6. The second-order valence-electron chi connectivity index (χ2n) is 5.72. The highest BCUT2D eigenvalue weighted by molar-refractivity contribution is 7.89. The van der Waals surface area contributed by atoms with Gasteiger partial charge in [-0.1, -0.05) is 0 Å². The van der Waals surface area contributed by atoms with Crippen molar-refractivity contribution < 1.29 is 13.2 Å². The zero-order valence-electron chi connectivity index (χ0n) is 12.5. The molecular formula is C14H19N3O3S. The van der Waals surface area contributed by atoms with Crippen LogP contribution in [0.5, 0.6) is 0 Å². The maximum atomic E-state index is 12.1. The lowest BCUT2D eigenvalue weighted by molar-refractivity contribution is -0.123. The molecule has 0 saturated heterocycles. The third kappa shape index (κ3) is 5.17. The molecule has 0 aliphatic rings. The van der Waals surface area contributed by atoms with E-state index in [9.17, 15) is 13.2 Å².